The van der Waals surface area contributed by atoms with Gasteiger partial charge in [0.1, 0.15) is 0 Å². The molecule has 0 radical (unpaired) electrons. The number of hydrogen-bond donors (Lipinski definition) is 2. The van der Waals surface area contributed by atoms with Gasteiger partial charge in [0.05, 0.1) is 0 Å². The molecule has 2 N–H and O–H groups in total. The number of carbonyl (C=O) groups is 1. The Balaban J connectivity index is 3.16. The van der Waals surface area contributed by atoms with Crippen LogP contribution in [0.2, 0.25) is 0 Å². The molecular weight excluding hydrogens is 106 g/mol. The normalized spacial score (nSPS) is 9.62. The van der Waals surface area contributed by atoms with E-state index in [1.54, 1.807) is 6.08 Å². The number of hydrogen-bond acceptors (Lipinski definition) is 1. The van der Waals surface area contributed by atoms with Gasteiger partial charge in [0.2, 0.25) is 0 Å². The lowest BCUT2D eigenvalue weighted by atomic mass is 10.5. The van der Waals surface area contributed by atoms with Crippen LogP contribution in [0.3, 0.4) is 0 Å². The summed E-state index contributed by atoms with van der Waals surface area (Å²) in [6.45, 7) is 1.93. The van der Waals surface area contributed by atoms with Crippen LogP contribution in [0.4, 0.5) is 4.79 Å². The van der Waals surface area contributed by atoms with E-state index in [1.165, 1.54) is 6.20 Å². The first-order chi connectivity index (χ1) is 3.77. The molecule has 0 aliphatic heterocycles. The van der Waals surface area contributed by atoms with Crippen LogP contribution in [0, 0.1) is 0 Å². The summed E-state index contributed by atoms with van der Waals surface area (Å²) in [6.07, 6.45) is 2.96. The Bertz CT molecular complexity index is 98.6. The van der Waals surface area contributed by atoms with Crippen LogP contribution < -0.4 is 5.32 Å². The third-order valence-electron chi connectivity index (χ3n) is 0.560. The average molecular weight is 115 g/mol. The van der Waals surface area contributed by atoms with Crippen molar-refractivity contribution < 1.29 is 9.90 Å². The van der Waals surface area contributed by atoms with Crippen molar-refractivity contribution >= 4 is 6.09 Å². The molecule has 3 nitrogen and oxygen atoms in total. The molecule has 0 aliphatic rings. The number of nitrogens with one attached hydrogen (secondary N) is 1. The molecule has 0 bridgehead atoms. The summed E-state index contributed by atoms with van der Waals surface area (Å²) in [5.74, 6) is 0. The summed E-state index contributed by atoms with van der Waals surface area (Å²) in [7, 11) is 0. The number of amides is 1. The molecule has 0 heterocycles. The van der Waals surface area contributed by atoms with E-state index in [1.807, 2.05) is 6.92 Å². The third-order valence-corrected chi connectivity index (χ3v) is 0.560. The molecule has 0 aromatic carbocycles. The maximum absolute atomic E-state index is 9.71. The standard InChI is InChI=1S/C5H9NO2/c1-2-3-4-6-5(7)8/h3-4,6H,2H2,1H3,(H,7,8)/b4-3+. The van der Waals surface area contributed by atoms with Crippen molar-refractivity contribution in [2.75, 3.05) is 0 Å². The highest BCUT2D eigenvalue weighted by Crippen LogP contribution is 1.74. The largest absolute Gasteiger partial charge is 0.465 e. The fraction of sp³-hybridized carbons (Fsp3) is 0.400. The number of allylic oxidation sites excluding steroid dienone is 1. The Labute approximate surface area is 48.0 Å². The zero-order valence-corrected chi connectivity index (χ0v) is 4.72. The lowest BCUT2D eigenvalue weighted by Crippen LogP contribution is -2.12. The molecule has 0 unspecified atom stereocenters. The topological polar surface area (TPSA) is 49.3 Å². The highest BCUT2D eigenvalue weighted by atomic mass is 16.4. The third kappa shape index (κ3) is 5.01. The lowest BCUT2D eigenvalue weighted by Gasteiger charge is -1.85. The van der Waals surface area contributed by atoms with Crippen molar-refractivity contribution in [1.82, 2.24) is 5.32 Å². The van der Waals surface area contributed by atoms with E-state index >= 15 is 0 Å². The van der Waals surface area contributed by atoms with E-state index < -0.39 is 6.09 Å². The van der Waals surface area contributed by atoms with Gasteiger partial charge >= 0.3 is 6.09 Å². The number of rotatable bonds is 2. The zero-order chi connectivity index (χ0) is 6.41. The van der Waals surface area contributed by atoms with Gasteiger partial charge in [0.15, 0.2) is 0 Å². The first kappa shape index (κ1) is 7.01. The van der Waals surface area contributed by atoms with E-state index in [2.05, 4.69) is 5.32 Å². The van der Waals surface area contributed by atoms with Gasteiger partial charge in [-0.1, -0.05) is 13.0 Å². The van der Waals surface area contributed by atoms with Crippen molar-refractivity contribution in [2.24, 2.45) is 0 Å². The average Bonchev–Trinajstić information content (AvgIpc) is 1.66. The smallest absolute Gasteiger partial charge is 0.408 e. The summed E-state index contributed by atoms with van der Waals surface area (Å²) in [5, 5.41) is 10.1. The molecule has 0 aromatic rings. The van der Waals surface area contributed by atoms with Crippen molar-refractivity contribution in [2.45, 2.75) is 13.3 Å². The Kier molecular flexibility index (Phi) is 3.66. The van der Waals surface area contributed by atoms with Crippen LogP contribution in [-0.4, -0.2) is 11.2 Å². The first-order valence-electron chi connectivity index (χ1n) is 2.42. The van der Waals surface area contributed by atoms with Gasteiger partial charge in [0, 0.05) is 6.20 Å². The lowest BCUT2D eigenvalue weighted by molar-refractivity contribution is 0.198. The molecule has 0 saturated heterocycles. The minimum atomic E-state index is -1.02. The Morgan fingerprint density at radius 1 is 1.88 bits per heavy atom. The van der Waals surface area contributed by atoms with Crippen molar-refractivity contribution in [3.05, 3.63) is 12.3 Å². The molecule has 1 amide bonds. The van der Waals surface area contributed by atoms with Crippen LogP contribution in [0.5, 0.6) is 0 Å². The zero-order valence-electron chi connectivity index (χ0n) is 4.72. The maximum atomic E-state index is 9.71. The van der Waals surface area contributed by atoms with Crippen molar-refractivity contribution in [3.8, 4) is 0 Å². The predicted octanol–water partition coefficient (Wildman–Crippen LogP) is 1.18. The number of carboxylic acid groups (broad SMARTS) is 1. The molecule has 0 rings (SSSR count). The second-order valence-electron chi connectivity index (χ2n) is 1.26. The Morgan fingerprint density at radius 3 is 2.88 bits per heavy atom. The summed E-state index contributed by atoms with van der Waals surface area (Å²) >= 11 is 0. The Morgan fingerprint density at radius 2 is 2.50 bits per heavy atom. The predicted molar refractivity (Wildman–Crippen MR) is 30.6 cm³/mol. The van der Waals surface area contributed by atoms with E-state index in [-0.39, 0.29) is 0 Å². The monoisotopic (exact) mass is 115 g/mol. The van der Waals surface area contributed by atoms with Crippen LogP contribution >= 0.6 is 0 Å². The van der Waals surface area contributed by atoms with Gasteiger partial charge in [-0.2, -0.15) is 0 Å². The van der Waals surface area contributed by atoms with Crippen LogP contribution in [0.1, 0.15) is 13.3 Å². The van der Waals surface area contributed by atoms with E-state index in [9.17, 15) is 4.79 Å². The molecule has 0 fully saturated rings. The van der Waals surface area contributed by atoms with Crippen LogP contribution in [0.25, 0.3) is 0 Å². The minimum absolute atomic E-state index is 0.847. The minimum Gasteiger partial charge on any atom is -0.465 e. The van der Waals surface area contributed by atoms with Crippen LogP contribution in [0.15, 0.2) is 12.3 Å². The first-order valence-corrected chi connectivity index (χ1v) is 2.42. The van der Waals surface area contributed by atoms with Gasteiger partial charge in [-0.3, -0.25) is 5.32 Å². The fourth-order valence-corrected chi connectivity index (χ4v) is 0.248. The quantitative estimate of drug-likeness (QED) is 0.567. The summed E-state index contributed by atoms with van der Waals surface area (Å²) in [5.41, 5.74) is 0. The van der Waals surface area contributed by atoms with E-state index in [4.69, 9.17) is 5.11 Å². The highest BCUT2D eigenvalue weighted by molar-refractivity contribution is 5.65. The van der Waals surface area contributed by atoms with Gasteiger partial charge in [-0.15, -0.1) is 0 Å². The summed E-state index contributed by atoms with van der Waals surface area (Å²) < 4.78 is 0. The molecule has 0 aliphatic carbocycles. The van der Waals surface area contributed by atoms with Gasteiger partial charge in [-0.05, 0) is 6.42 Å². The highest BCUT2D eigenvalue weighted by Gasteiger charge is 1.82. The fourth-order valence-electron chi connectivity index (χ4n) is 0.248. The Hall–Kier alpha value is -0.990. The van der Waals surface area contributed by atoms with Gasteiger partial charge in [0.25, 0.3) is 0 Å². The molecule has 8 heavy (non-hydrogen) atoms. The van der Waals surface area contributed by atoms with Crippen LogP contribution in [-0.2, 0) is 0 Å². The molecule has 0 saturated carbocycles. The molecule has 0 spiro atoms. The van der Waals surface area contributed by atoms with Gasteiger partial charge < -0.3 is 5.11 Å². The molecule has 0 aromatic heterocycles. The molecule has 0 atom stereocenters. The molecular formula is C5H9NO2. The van der Waals surface area contributed by atoms with E-state index in [0.29, 0.717) is 0 Å². The molecule has 3 heteroatoms. The maximum Gasteiger partial charge on any atom is 0.408 e. The second-order valence-corrected chi connectivity index (χ2v) is 1.26. The van der Waals surface area contributed by atoms with Crippen molar-refractivity contribution in [3.63, 3.8) is 0 Å². The molecule has 46 valence electrons. The van der Waals surface area contributed by atoms with Gasteiger partial charge in [-0.25, -0.2) is 4.79 Å². The van der Waals surface area contributed by atoms with Crippen molar-refractivity contribution in [1.29, 1.82) is 0 Å². The second kappa shape index (κ2) is 4.18. The SMILES string of the molecule is CC/C=C/NC(=O)O. The summed E-state index contributed by atoms with van der Waals surface area (Å²) in [4.78, 5) is 9.71. The van der Waals surface area contributed by atoms with E-state index in [0.717, 1.165) is 6.42 Å². The summed E-state index contributed by atoms with van der Waals surface area (Å²) in [6, 6.07) is 0.